The Kier molecular flexibility index (Phi) is 4.28. The number of aryl methyl sites for hydroxylation is 1. The summed E-state index contributed by atoms with van der Waals surface area (Å²) in [4.78, 5) is 25.0. The second-order valence-corrected chi connectivity index (χ2v) is 6.21. The number of aromatic nitrogens is 2. The van der Waals surface area contributed by atoms with Gasteiger partial charge in [0.1, 0.15) is 0 Å². The van der Waals surface area contributed by atoms with E-state index < -0.39 is 5.78 Å². The number of likely N-dealkylation sites (tertiary alicyclic amines) is 1. The van der Waals surface area contributed by atoms with Crippen LogP contribution < -0.4 is 0 Å². The van der Waals surface area contributed by atoms with E-state index in [4.69, 9.17) is 0 Å². The first kappa shape index (κ1) is 15.5. The number of amides is 1. The molecular weight excluding hydrogens is 290 g/mol. The molecule has 1 saturated heterocycles. The SMILES string of the molecule is CC(=O)C(=O)N1CCC[C@H](c2[nH]ncc2-c2ccc(C)cc2)C1. The molecule has 120 valence electrons. The van der Waals surface area contributed by atoms with Gasteiger partial charge in [0.15, 0.2) is 0 Å². The van der Waals surface area contributed by atoms with Crippen molar-refractivity contribution in [2.45, 2.75) is 32.6 Å². The van der Waals surface area contributed by atoms with Gasteiger partial charge >= 0.3 is 0 Å². The molecule has 0 spiro atoms. The molecule has 5 heteroatoms. The van der Waals surface area contributed by atoms with Crippen molar-refractivity contribution in [3.63, 3.8) is 0 Å². The zero-order valence-electron chi connectivity index (χ0n) is 13.5. The predicted octanol–water partition coefficient (Wildman–Crippen LogP) is 2.68. The van der Waals surface area contributed by atoms with E-state index in [9.17, 15) is 9.59 Å². The fraction of sp³-hybridized carbons (Fsp3) is 0.389. The van der Waals surface area contributed by atoms with E-state index in [0.717, 1.165) is 29.7 Å². The molecular formula is C18H21N3O2. The summed E-state index contributed by atoms with van der Waals surface area (Å²) in [7, 11) is 0. The van der Waals surface area contributed by atoms with E-state index in [1.165, 1.54) is 12.5 Å². The molecule has 1 aliphatic heterocycles. The topological polar surface area (TPSA) is 66.1 Å². The molecule has 0 aliphatic carbocycles. The lowest BCUT2D eigenvalue weighted by Crippen LogP contribution is -2.42. The van der Waals surface area contributed by atoms with Crippen molar-refractivity contribution < 1.29 is 9.59 Å². The molecule has 1 N–H and O–H groups in total. The molecule has 23 heavy (non-hydrogen) atoms. The van der Waals surface area contributed by atoms with Crippen molar-refractivity contribution in [3.8, 4) is 11.1 Å². The summed E-state index contributed by atoms with van der Waals surface area (Å²) in [5.74, 6) is -0.592. The van der Waals surface area contributed by atoms with E-state index in [2.05, 4.69) is 41.4 Å². The molecule has 1 aromatic carbocycles. The fourth-order valence-electron chi connectivity index (χ4n) is 3.19. The van der Waals surface area contributed by atoms with Crippen LogP contribution in [0.1, 0.15) is 36.9 Å². The maximum Gasteiger partial charge on any atom is 0.289 e. The van der Waals surface area contributed by atoms with Crippen molar-refractivity contribution in [1.29, 1.82) is 0 Å². The molecule has 1 fully saturated rings. The zero-order chi connectivity index (χ0) is 16.4. The van der Waals surface area contributed by atoms with Crippen LogP contribution in [-0.2, 0) is 9.59 Å². The Hall–Kier alpha value is -2.43. The largest absolute Gasteiger partial charge is 0.335 e. The van der Waals surface area contributed by atoms with Crippen LogP contribution in [-0.4, -0.2) is 39.9 Å². The number of nitrogens with one attached hydrogen (secondary N) is 1. The zero-order valence-corrected chi connectivity index (χ0v) is 13.5. The number of hydrogen-bond acceptors (Lipinski definition) is 3. The first-order valence-corrected chi connectivity index (χ1v) is 7.96. The van der Waals surface area contributed by atoms with Gasteiger partial charge in [-0.15, -0.1) is 0 Å². The molecule has 1 amide bonds. The highest BCUT2D eigenvalue weighted by Crippen LogP contribution is 2.33. The third-order valence-electron chi connectivity index (χ3n) is 4.45. The minimum atomic E-state index is -0.394. The Morgan fingerprint density at radius 2 is 2.00 bits per heavy atom. The summed E-state index contributed by atoms with van der Waals surface area (Å²) >= 11 is 0. The van der Waals surface area contributed by atoms with Crippen molar-refractivity contribution in [1.82, 2.24) is 15.1 Å². The van der Waals surface area contributed by atoms with Crippen LogP contribution in [0.15, 0.2) is 30.5 Å². The van der Waals surface area contributed by atoms with Gasteiger partial charge in [0, 0.05) is 37.2 Å². The molecule has 0 radical (unpaired) electrons. The maximum absolute atomic E-state index is 12.0. The molecule has 1 atom stereocenters. The Morgan fingerprint density at radius 1 is 1.26 bits per heavy atom. The minimum absolute atomic E-state index is 0.186. The lowest BCUT2D eigenvalue weighted by molar-refractivity contribution is -0.144. The minimum Gasteiger partial charge on any atom is -0.335 e. The third-order valence-corrected chi connectivity index (χ3v) is 4.45. The summed E-state index contributed by atoms with van der Waals surface area (Å²) in [6, 6.07) is 8.34. The number of rotatable bonds is 3. The standard InChI is InChI=1S/C18H21N3O2/c1-12-5-7-14(8-6-12)16-10-19-20-17(16)15-4-3-9-21(11-15)18(23)13(2)22/h5-8,10,15H,3-4,9,11H2,1-2H3,(H,19,20)/t15-/m0/s1. The number of Topliss-reactive ketones (excluding diaryl/α,β-unsaturated/α-hetero) is 1. The van der Waals surface area contributed by atoms with Gasteiger partial charge in [-0.1, -0.05) is 29.8 Å². The van der Waals surface area contributed by atoms with Gasteiger partial charge in [0.2, 0.25) is 5.78 Å². The molecule has 0 bridgehead atoms. The molecule has 3 rings (SSSR count). The number of ketones is 1. The van der Waals surface area contributed by atoms with Crippen LogP contribution in [0, 0.1) is 6.92 Å². The Morgan fingerprint density at radius 3 is 2.70 bits per heavy atom. The van der Waals surface area contributed by atoms with Crippen molar-refractivity contribution in [2.75, 3.05) is 13.1 Å². The summed E-state index contributed by atoms with van der Waals surface area (Å²) in [6.45, 7) is 4.62. The van der Waals surface area contributed by atoms with Crippen molar-refractivity contribution >= 4 is 11.7 Å². The second kappa shape index (κ2) is 6.36. The Bertz CT molecular complexity index is 718. The fourth-order valence-corrected chi connectivity index (χ4v) is 3.19. The van der Waals surface area contributed by atoms with E-state index in [0.29, 0.717) is 13.1 Å². The van der Waals surface area contributed by atoms with E-state index in [1.807, 2.05) is 6.20 Å². The molecule has 0 unspecified atom stereocenters. The first-order valence-electron chi connectivity index (χ1n) is 7.96. The van der Waals surface area contributed by atoms with Crippen LogP contribution in [0.3, 0.4) is 0 Å². The highest BCUT2D eigenvalue weighted by Gasteiger charge is 2.29. The number of nitrogens with zero attached hydrogens (tertiary/aromatic N) is 2. The van der Waals surface area contributed by atoms with Gasteiger partial charge in [-0.25, -0.2) is 0 Å². The van der Waals surface area contributed by atoms with Crippen molar-refractivity contribution in [3.05, 3.63) is 41.7 Å². The second-order valence-electron chi connectivity index (χ2n) is 6.21. The van der Waals surface area contributed by atoms with Crippen LogP contribution in [0.5, 0.6) is 0 Å². The molecule has 0 saturated carbocycles. The van der Waals surface area contributed by atoms with Gasteiger partial charge in [0.25, 0.3) is 5.91 Å². The average molecular weight is 311 g/mol. The van der Waals surface area contributed by atoms with Crippen LogP contribution in [0.2, 0.25) is 0 Å². The smallest absolute Gasteiger partial charge is 0.289 e. The Labute approximate surface area is 135 Å². The monoisotopic (exact) mass is 311 g/mol. The lowest BCUT2D eigenvalue weighted by Gasteiger charge is -2.32. The highest BCUT2D eigenvalue weighted by molar-refractivity contribution is 6.35. The number of carbonyl (C=O) groups excluding carboxylic acids is 2. The maximum atomic E-state index is 12.0. The summed E-state index contributed by atoms with van der Waals surface area (Å²) < 4.78 is 0. The van der Waals surface area contributed by atoms with Gasteiger partial charge in [0.05, 0.1) is 6.20 Å². The molecule has 2 heterocycles. The predicted molar refractivity (Wildman–Crippen MR) is 88.0 cm³/mol. The first-order chi connectivity index (χ1) is 11.1. The van der Waals surface area contributed by atoms with Gasteiger partial charge < -0.3 is 4.90 Å². The number of carbonyl (C=O) groups is 2. The Balaban J connectivity index is 1.85. The van der Waals surface area contributed by atoms with Gasteiger partial charge in [-0.2, -0.15) is 5.10 Å². The number of aromatic amines is 1. The average Bonchev–Trinajstić information content (AvgIpc) is 3.04. The quantitative estimate of drug-likeness (QED) is 0.886. The number of H-pyrrole nitrogens is 1. The summed E-state index contributed by atoms with van der Waals surface area (Å²) in [5, 5.41) is 7.31. The molecule has 1 aliphatic rings. The lowest BCUT2D eigenvalue weighted by atomic mass is 9.90. The van der Waals surface area contributed by atoms with Crippen molar-refractivity contribution in [2.24, 2.45) is 0 Å². The molecule has 2 aromatic rings. The number of piperidine rings is 1. The van der Waals surface area contributed by atoms with Gasteiger partial charge in [-0.3, -0.25) is 14.7 Å². The normalized spacial score (nSPS) is 18.0. The van der Waals surface area contributed by atoms with Crippen LogP contribution in [0.25, 0.3) is 11.1 Å². The number of benzene rings is 1. The van der Waals surface area contributed by atoms with Crippen LogP contribution in [0.4, 0.5) is 0 Å². The van der Waals surface area contributed by atoms with E-state index in [-0.39, 0.29) is 11.8 Å². The highest BCUT2D eigenvalue weighted by atomic mass is 16.2. The third kappa shape index (κ3) is 3.18. The summed E-state index contributed by atoms with van der Waals surface area (Å²) in [5.41, 5.74) is 4.46. The van der Waals surface area contributed by atoms with Gasteiger partial charge in [-0.05, 0) is 25.3 Å². The van der Waals surface area contributed by atoms with E-state index >= 15 is 0 Å². The summed E-state index contributed by atoms with van der Waals surface area (Å²) in [6.07, 6.45) is 3.73. The number of hydrogen-bond donors (Lipinski definition) is 1. The van der Waals surface area contributed by atoms with Crippen LogP contribution >= 0.6 is 0 Å². The molecule has 1 aromatic heterocycles. The van der Waals surface area contributed by atoms with E-state index in [1.54, 1.807) is 4.90 Å². The molecule has 5 nitrogen and oxygen atoms in total.